The van der Waals surface area contributed by atoms with Crippen LogP contribution in [-0.2, 0) is 33.6 Å². The van der Waals surface area contributed by atoms with Gasteiger partial charge < -0.3 is 20.6 Å². The molecule has 0 aromatic rings. The van der Waals surface area contributed by atoms with E-state index in [0.717, 1.165) is 5.06 Å². The van der Waals surface area contributed by atoms with Crippen molar-refractivity contribution < 1.29 is 38.7 Å². The van der Waals surface area contributed by atoms with Gasteiger partial charge in [-0.3, -0.25) is 28.8 Å². The molecule has 2 rings (SSSR count). The number of Topliss-reactive ketones (excluding diaryl/α,β-unsaturated/α-hetero) is 1. The Morgan fingerprint density at radius 3 is 2.30 bits per heavy atom. The zero-order chi connectivity index (χ0) is 25.1. The van der Waals surface area contributed by atoms with Gasteiger partial charge in [0.2, 0.25) is 23.3 Å². The quantitative estimate of drug-likeness (QED) is 0.391. The van der Waals surface area contributed by atoms with Gasteiger partial charge in [0.15, 0.2) is 5.78 Å². The molecule has 4 amide bonds. The van der Waals surface area contributed by atoms with Gasteiger partial charge in [-0.25, -0.2) is 4.79 Å². The van der Waals surface area contributed by atoms with Crippen LogP contribution >= 0.6 is 0 Å². The number of hydroxylamine groups is 2. The molecule has 3 N–H and O–H groups in total. The molecule has 2 fully saturated rings. The summed E-state index contributed by atoms with van der Waals surface area (Å²) >= 11 is 0. The fourth-order valence-corrected chi connectivity index (χ4v) is 4.15. The topological polar surface area (TPSA) is 162 Å². The van der Waals surface area contributed by atoms with Gasteiger partial charge in [-0.15, -0.1) is 0 Å². The smallest absolute Gasteiger partial charge is 0.326 e. The molecule has 0 aliphatic carbocycles. The van der Waals surface area contributed by atoms with Gasteiger partial charge in [0.25, 0.3) is 5.91 Å². The van der Waals surface area contributed by atoms with Crippen molar-refractivity contribution in [1.82, 2.24) is 20.6 Å². The number of hydrogen-bond acceptors (Lipinski definition) is 7. The predicted octanol–water partition coefficient (Wildman–Crippen LogP) is -0.781. The Bertz CT molecular complexity index is 844. The SMILES string of the molecule is CON1C(=O)CCC(=O)[C@]1(C)C(=O)N[C@@H](C)C(=O)N1CCC[C@H]1C(=O)N[C@H](C(=O)O)C(C)C. The van der Waals surface area contributed by atoms with Crippen molar-refractivity contribution in [3.8, 4) is 0 Å². The normalized spacial score (nSPS) is 25.1. The Hall–Kier alpha value is -3.02. The van der Waals surface area contributed by atoms with Crippen LogP contribution in [0, 0.1) is 5.92 Å². The van der Waals surface area contributed by atoms with Gasteiger partial charge in [-0.05, 0) is 32.6 Å². The number of likely N-dealkylation sites (tertiary alicyclic amines) is 1. The summed E-state index contributed by atoms with van der Waals surface area (Å²) in [4.78, 5) is 81.1. The minimum absolute atomic E-state index is 0.0810. The van der Waals surface area contributed by atoms with Gasteiger partial charge in [-0.2, -0.15) is 5.06 Å². The lowest BCUT2D eigenvalue weighted by Crippen LogP contribution is -2.67. The highest BCUT2D eigenvalue weighted by molar-refractivity contribution is 6.15. The van der Waals surface area contributed by atoms with Crippen LogP contribution in [0.5, 0.6) is 0 Å². The fraction of sp³-hybridized carbons (Fsp3) is 0.714. The van der Waals surface area contributed by atoms with E-state index in [1.165, 1.54) is 25.9 Å². The molecule has 184 valence electrons. The number of carboxylic acids is 1. The molecule has 0 unspecified atom stereocenters. The van der Waals surface area contributed by atoms with E-state index in [9.17, 15) is 33.9 Å². The fourth-order valence-electron chi connectivity index (χ4n) is 4.15. The summed E-state index contributed by atoms with van der Waals surface area (Å²) in [5, 5.41) is 15.0. The summed E-state index contributed by atoms with van der Waals surface area (Å²) in [5.41, 5.74) is -1.92. The number of carbonyl (C=O) groups is 6. The minimum atomic E-state index is -1.92. The molecule has 0 aromatic heterocycles. The molecule has 0 saturated carbocycles. The second kappa shape index (κ2) is 10.3. The Kier molecular flexibility index (Phi) is 8.17. The lowest BCUT2D eigenvalue weighted by Gasteiger charge is -2.40. The van der Waals surface area contributed by atoms with Crippen LogP contribution in [0.4, 0.5) is 0 Å². The maximum atomic E-state index is 13.1. The molecule has 2 heterocycles. The van der Waals surface area contributed by atoms with Crippen LogP contribution in [0.15, 0.2) is 0 Å². The molecular formula is C21H32N4O8. The first kappa shape index (κ1) is 26.2. The molecule has 0 radical (unpaired) electrons. The second-order valence-electron chi connectivity index (χ2n) is 8.82. The number of nitrogens with zero attached hydrogens (tertiary/aromatic N) is 2. The lowest BCUT2D eigenvalue weighted by molar-refractivity contribution is -0.213. The Balaban J connectivity index is 2.12. The largest absolute Gasteiger partial charge is 0.480 e. The summed E-state index contributed by atoms with van der Waals surface area (Å²) in [5.74, 6) is -4.57. The number of carboxylic acid groups (broad SMARTS) is 1. The van der Waals surface area contributed by atoms with E-state index in [2.05, 4.69) is 10.6 Å². The van der Waals surface area contributed by atoms with Gasteiger partial charge >= 0.3 is 5.97 Å². The zero-order valence-electron chi connectivity index (χ0n) is 19.5. The van der Waals surface area contributed by atoms with Crippen LogP contribution in [0.1, 0.15) is 53.4 Å². The second-order valence-corrected chi connectivity index (χ2v) is 8.82. The number of piperidine rings is 1. The van der Waals surface area contributed by atoms with Crippen molar-refractivity contribution in [3.05, 3.63) is 0 Å². The summed E-state index contributed by atoms with van der Waals surface area (Å²) < 4.78 is 0. The molecule has 33 heavy (non-hydrogen) atoms. The monoisotopic (exact) mass is 468 g/mol. The third-order valence-corrected chi connectivity index (χ3v) is 6.15. The maximum Gasteiger partial charge on any atom is 0.326 e. The third kappa shape index (κ3) is 5.15. The summed E-state index contributed by atoms with van der Waals surface area (Å²) in [7, 11) is 1.17. The van der Waals surface area contributed by atoms with E-state index in [-0.39, 0.29) is 25.3 Å². The minimum Gasteiger partial charge on any atom is -0.480 e. The van der Waals surface area contributed by atoms with Crippen molar-refractivity contribution in [3.63, 3.8) is 0 Å². The Morgan fingerprint density at radius 2 is 1.76 bits per heavy atom. The molecule has 0 spiro atoms. The molecule has 0 aromatic carbocycles. The molecule has 2 saturated heterocycles. The first-order valence-electron chi connectivity index (χ1n) is 10.9. The summed E-state index contributed by atoms with van der Waals surface area (Å²) in [6.45, 7) is 6.25. The molecule has 4 atom stereocenters. The van der Waals surface area contributed by atoms with Crippen molar-refractivity contribution in [1.29, 1.82) is 0 Å². The average Bonchev–Trinajstić information content (AvgIpc) is 3.23. The average molecular weight is 469 g/mol. The van der Waals surface area contributed by atoms with Crippen molar-refractivity contribution in [2.75, 3.05) is 13.7 Å². The van der Waals surface area contributed by atoms with Crippen molar-refractivity contribution in [2.24, 2.45) is 5.92 Å². The molecule has 12 heteroatoms. The number of rotatable bonds is 8. The first-order valence-corrected chi connectivity index (χ1v) is 10.9. The van der Waals surface area contributed by atoms with Gasteiger partial charge in [0, 0.05) is 19.4 Å². The Morgan fingerprint density at radius 1 is 1.12 bits per heavy atom. The highest BCUT2D eigenvalue weighted by Crippen LogP contribution is 2.27. The van der Waals surface area contributed by atoms with Crippen molar-refractivity contribution in [2.45, 2.75) is 77.0 Å². The van der Waals surface area contributed by atoms with E-state index in [1.54, 1.807) is 13.8 Å². The highest BCUT2D eigenvalue weighted by atomic mass is 16.7. The van der Waals surface area contributed by atoms with Crippen LogP contribution in [0.2, 0.25) is 0 Å². The molecule has 2 aliphatic heterocycles. The van der Waals surface area contributed by atoms with E-state index < -0.39 is 59.0 Å². The van der Waals surface area contributed by atoms with Crippen LogP contribution in [0.25, 0.3) is 0 Å². The van der Waals surface area contributed by atoms with Crippen molar-refractivity contribution >= 4 is 35.4 Å². The van der Waals surface area contributed by atoms with E-state index in [1.807, 2.05) is 0 Å². The summed E-state index contributed by atoms with van der Waals surface area (Å²) in [6.07, 6.45) is 0.680. The number of nitrogens with one attached hydrogen (secondary N) is 2. The van der Waals surface area contributed by atoms with Gasteiger partial charge in [0.1, 0.15) is 18.1 Å². The zero-order valence-corrected chi connectivity index (χ0v) is 19.5. The van der Waals surface area contributed by atoms with E-state index >= 15 is 0 Å². The number of aliphatic carboxylic acids is 1. The lowest BCUT2D eigenvalue weighted by atomic mass is 9.87. The maximum absolute atomic E-state index is 13.1. The van der Waals surface area contributed by atoms with Crippen LogP contribution in [0.3, 0.4) is 0 Å². The standard InChI is InChI=1S/C21H32N4O8/c1-11(2)16(19(30)31)23-17(28)13-7-6-10-24(13)18(29)12(3)22-20(32)21(4)14(26)8-9-15(27)25(21)33-5/h11-13,16H,6-10H2,1-5H3,(H,22,32)(H,23,28)(H,30,31)/t12-,13-,16-,21+/m0/s1. The molecular weight excluding hydrogens is 436 g/mol. The molecule has 0 bridgehead atoms. The van der Waals surface area contributed by atoms with Gasteiger partial charge in [0.05, 0.1) is 7.11 Å². The third-order valence-electron chi connectivity index (χ3n) is 6.15. The number of carbonyl (C=O) groups excluding carboxylic acids is 5. The highest BCUT2D eigenvalue weighted by Gasteiger charge is 2.53. The number of hydrogen-bond donors (Lipinski definition) is 3. The number of ketones is 1. The Labute approximate surface area is 191 Å². The van der Waals surface area contributed by atoms with E-state index in [4.69, 9.17) is 4.84 Å². The van der Waals surface area contributed by atoms with Crippen LogP contribution < -0.4 is 10.6 Å². The molecule has 2 aliphatic rings. The predicted molar refractivity (Wildman–Crippen MR) is 113 cm³/mol. The molecule has 12 nitrogen and oxygen atoms in total. The van der Waals surface area contributed by atoms with Crippen LogP contribution in [-0.4, -0.2) is 87.8 Å². The van der Waals surface area contributed by atoms with Gasteiger partial charge in [-0.1, -0.05) is 13.8 Å². The first-order chi connectivity index (χ1) is 15.4. The summed E-state index contributed by atoms with van der Waals surface area (Å²) in [6, 6.07) is -3.07. The van der Waals surface area contributed by atoms with E-state index in [0.29, 0.717) is 12.8 Å². The number of amides is 4.